The lowest BCUT2D eigenvalue weighted by molar-refractivity contribution is -0.131. The Morgan fingerprint density at radius 1 is 1.13 bits per heavy atom. The third kappa shape index (κ3) is 6.45. The Hall–Kier alpha value is -2.46. The van der Waals surface area contributed by atoms with Crippen molar-refractivity contribution in [1.29, 1.82) is 0 Å². The molecule has 0 fully saturated rings. The Labute approximate surface area is 140 Å². The summed E-state index contributed by atoms with van der Waals surface area (Å²) in [5.41, 5.74) is 1.85. The Morgan fingerprint density at radius 2 is 1.83 bits per heavy atom. The number of carboxylic acids is 1. The van der Waals surface area contributed by atoms with Crippen molar-refractivity contribution in [3.8, 4) is 5.75 Å². The molecule has 2 rings (SSSR count). The quantitative estimate of drug-likeness (QED) is 0.558. The monoisotopic (exact) mass is 331 g/mol. The molecule has 4 nitrogen and oxygen atoms in total. The summed E-state index contributed by atoms with van der Waals surface area (Å²) >= 11 is 5.83. The van der Waals surface area contributed by atoms with Gasteiger partial charge in [-0.3, -0.25) is 0 Å². The Morgan fingerprint density at radius 3 is 2.48 bits per heavy atom. The average molecular weight is 332 g/mol. The van der Waals surface area contributed by atoms with Crippen molar-refractivity contribution in [2.75, 3.05) is 18.5 Å². The van der Waals surface area contributed by atoms with Crippen LogP contribution in [0.4, 0.5) is 5.69 Å². The van der Waals surface area contributed by atoms with E-state index in [4.69, 9.17) is 21.4 Å². The SMILES string of the molecule is O=C(O)C=Cc1ccc(OCCCNc2ccc(Cl)cc2)cc1. The molecule has 120 valence electrons. The van der Waals surface area contributed by atoms with Crippen molar-refractivity contribution < 1.29 is 14.6 Å². The smallest absolute Gasteiger partial charge is 0.328 e. The molecule has 0 aliphatic heterocycles. The molecule has 0 bridgehead atoms. The number of benzene rings is 2. The van der Waals surface area contributed by atoms with Crippen molar-refractivity contribution in [2.45, 2.75) is 6.42 Å². The van der Waals surface area contributed by atoms with E-state index >= 15 is 0 Å². The van der Waals surface area contributed by atoms with Gasteiger partial charge < -0.3 is 15.2 Å². The number of nitrogens with one attached hydrogen (secondary N) is 1. The molecule has 2 N–H and O–H groups in total. The van der Waals surface area contributed by atoms with Crippen LogP contribution in [-0.2, 0) is 4.79 Å². The fraction of sp³-hybridized carbons (Fsp3) is 0.167. The van der Waals surface area contributed by atoms with E-state index in [-0.39, 0.29) is 0 Å². The van der Waals surface area contributed by atoms with Gasteiger partial charge >= 0.3 is 5.97 Å². The van der Waals surface area contributed by atoms with E-state index in [9.17, 15) is 4.79 Å². The molecule has 0 saturated carbocycles. The number of rotatable bonds is 8. The van der Waals surface area contributed by atoms with Gasteiger partial charge in [0.2, 0.25) is 0 Å². The number of ether oxygens (including phenoxy) is 1. The number of hydrogen-bond acceptors (Lipinski definition) is 3. The van der Waals surface area contributed by atoms with Crippen molar-refractivity contribution in [2.24, 2.45) is 0 Å². The topological polar surface area (TPSA) is 58.6 Å². The van der Waals surface area contributed by atoms with Gasteiger partial charge in [-0.1, -0.05) is 23.7 Å². The summed E-state index contributed by atoms with van der Waals surface area (Å²) in [5, 5.41) is 12.6. The molecule has 2 aromatic rings. The molecule has 0 aliphatic rings. The molecule has 5 heteroatoms. The molecule has 0 unspecified atom stereocenters. The summed E-state index contributed by atoms with van der Waals surface area (Å²) in [6.45, 7) is 1.41. The van der Waals surface area contributed by atoms with Crippen LogP contribution in [0.1, 0.15) is 12.0 Å². The van der Waals surface area contributed by atoms with Crippen LogP contribution in [0.15, 0.2) is 54.6 Å². The van der Waals surface area contributed by atoms with Gasteiger partial charge in [-0.25, -0.2) is 4.79 Å². The highest BCUT2D eigenvalue weighted by Crippen LogP contribution is 2.14. The first-order chi connectivity index (χ1) is 11.1. The van der Waals surface area contributed by atoms with Crippen LogP contribution in [0.3, 0.4) is 0 Å². The molecule has 0 heterocycles. The number of carbonyl (C=O) groups is 1. The second-order valence-corrected chi connectivity index (χ2v) is 5.31. The Balaban J connectivity index is 1.68. The molecule has 0 radical (unpaired) electrons. The van der Waals surface area contributed by atoms with Gasteiger partial charge in [0, 0.05) is 23.3 Å². The molecule has 23 heavy (non-hydrogen) atoms. The van der Waals surface area contributed by atoms with Gasteiger partial charge in [-0.15, -0.1) is 0 Å². The maximum Gasteiger partial charge on any atom is 0.328 e. The van der Waals surface area contributed by atoms with Crippen LogP contribution in [0.5, 0.6) is 5.75 Å². The van der Waals surface area contributed by atoms with E-state index in [0.29, 0.717) is 6.61 Å². The molecule has 0 atom stereocenters. The lowest BCUT2D eigenvalue weighted by Crippen LogP contribution is -2.07. The molecular formula is C18H18ClNO3. The zero-order valence-electron chi connectivity index (χ0n) is 12.5. The Kier molecular flexibility index (Phi) is 6.51. The molecule has 0 saturated heterocycles. The first-order valence-corrected chi connectivity index (χ1v) is 7.64. The minimum atomic E-state index is -0.960. The van der Waals surface area contributed by atoms with Gasteiger partial charge in [0.15, 0.2) is 0 Å². The van der Waals surface area contributed by atoms with E-state index in [1.165, 1.54) is 0 Å². The number of anilines is 1. The molecule has 0 amide bonds. The Bertz CT molecular complexity index is 651. The molecule has 2 aromatic carbocycles. The van der Waals surface area contributed by atoms with Gasteiger partial charge in [0.05, 0.1) is 6.61 Å². The summed E-state index contributed by atoms with van der Waals surface area (Å²) in [5.74, 6) is -0.192. The number of aliphatic carboxylic acids is 1. The predicted molar refractivity (Wildman–Crippen MR) is 93.2 cm³/mol. The van der Waals surface area contributed by atoms with E-state index in [1.54, 1.807) is 6.08 Å². The van der Waals surface area contributed by atoms with Crippen LogP contribution in [0.2, 0.25) is 5.02 Å². The number of hydrogen-bond donors (Lipinski definition) is 2. The highest BCUT2D eigenvalue weighted by molar-refractivity contribution is 6.30. The first kappa shape index (κ1) is 16.9. The van der Waals surface area contributed by atoms with Crippen LogP contribution in [0.25, 0.3) is 6.08 Å². The zero-order valence-corrected chi connectivity index (χ0v) is 13.3. The highest BCUT2D eigenvalue weighted by atomic mass is 35.5. The summed E-state index contributed by atoms with van der Waals surface area (Å²) in [6.07, 6.45) is 3.52. The predicted octanol–water partition coefficient (Wildman–Crippen LogP) is 4.32. The maximum atomic E-state index is 10.4. The van der Waals surface area contributed by atoms with Crippen LogP contribution in [-0.4, -0.2) is 24.2 Å². The van der Waals surface area contributed by atoms with E-state index < -0.39 is 5.97 Å². The standard InChI is InChI=1S/C18H18ClNO3/c19-15-5-7-16(8-6-15)20-12-1-13-23-17-9-2-14(3-10-17)4-11-18(21)22/h2-11,20H,1,12-13H2,(H,21,22). The summed E-state index contributed by atoms with van der Waals surface area (Å²) in [6, 6.07) is 14.9. The van der Waals surface area contributed by atoms with Crippen LogP contribution >= 0.6 is 11.6 Å². The van der Waals surface area contributed by atoms with E-state index in [0.717, 1.165) is 41.1 Å². The van der Waals surface area contributed by atoms with Crippen molar-refractivity contribution in [3.05, 3.63) is 65.2 Å². The van der Waals surface area contributed by atoms with Gasteiger partial charge in [-0.05, 0) is 54.5 Å². The minimum Gasteiger partial charge on any atom is -0.494 e. The normalized spacial score (nSPS) is 10.7. The minimum absolute atomic E-state index is 0.602. The van der Waals surface area contributed by atoms with Crippen molar-refractivity contribution in [3.63, 3.8) is 0 Å². The van der Waals surface area contributed by atoms with E-state index in [1.807, 2.05) is 48.5 Å². The molecule has 0 aliphatic carbocycles. The van der Waals surface area contributed by atoms with E-state index in [2.05, 4.69) is 5.32 Å². The first-order valence-electron chi connectivity index (χ1n) is 7.27. The fourth-order valence-electron chi connectivity index (χ4n) is 1.91. The second kappa shape index (κ2) is 8.86. The highest BCUT2D eigenvalue weighted by Gasteiger charge is 1.96. The number of carboxylic acid groups (broad SMARTS) is 1. The lowest BCUT2D eigenvalue weighted by atomic mass is 10.2. The zero-order chi connectivity index (χ0) is 16.5. The van der Waals surface area contributed by atoms with Crippen LogP contribution < -0.4 is 10.1 Å². The van der Waals surface area contributed by atoms with Crippen LogP contribution in [0, 0.1) is 0 Å². The summed E-state index contributed by atoms with van der Waals surface area (Å²) in [4.78, 5) is 10.4. The summed E-state index contributed by atoms with van der Waals surface area (Å²) < 4.78 is 5.64. The van der Waals surface area contributed by atoms with Crippen molar-refractivity contribution >= 4 is 29.3 Å². The lowest BCUT2D eigenvalue weighted by Gasteiger charge is -2.08. The van der Waals surface area contributed by atoms with Gasteiger partial charge in [0.1, 0.15) is 5.75 Å². The maximum absolute atomic E-state index is 10.4. The molecule has 0 aromatic heterocycles. The van der Waals surface area contributed by atoms with Gasteiger partial charge in [0.25, 0.3) is 0 Å². The van der Waals surface area contributed by atoms with Crippen molar-refractivity contribution in [1.82, 2.24) is 0 Å². The second-order valence-electron chi connectivity index (χ2n) is 4.88. The average Bonchev–Trinajstić information content (AvgIpc) is 2.55. The molecular weight excluding hydrogens is 314 g/mol. The third-order valence-electron chi connectivity index (χ3n) is 3.06. The summed E-state index contributed by atoms with van der Waals surface area (Å²) in [7, 11) is 0. The largest absolute Gasteiger partial charge is 0.494 e. The third-order valence-corrected chi connectivity index (χ3v) is 3.31. The number of halogens is 1. The molecule has 0 spiro atoms. The fourth-order valence-corrected chi connectivity index (χ4v) is 2.03. The van der Waals surface area contributed by atoms with Gasteiger partial charge in [-0.2, -0.15) is 0 Å².